The standard InChI is InChI=1S/C25H23ClN4O4/c1-30(2)11-12-34-18-6-3-15(4-7-18)24-28-22(16-9-10-27-21(31)14-16)23(29-24)19-13-17(25(32)33)5-8-20(19)26/h3-10,13-14H,11-12H2,1-2H3,(H,27,31)(H,28,29)(H,32,33). The van der Waals surface area contributed by atoms with Gasteiger partial charge in [0.15, 0.2) is 0 Å². The molecule has 4 aromatic rings. The van der Waals surface area contributed by atoms with Crippen molar-refractivity contribution in [3.8, 4) is 39.7 Å². The van der Waals surface area contributed by atoms with E-state index in [2.05, 4.69) is 9.97 Å². The Bertz CT molecular complexity index is 1380. The second-order valence-corrected chi connectivity index (χ2v) is 8.33. The molecule has 0 bridgehead atoms. The Morgan fingerprint density at radius 2 is 1.85 bits per heavy atom. The number of pyridine rings is 1. The van der Waals surface area contributed by atoms with Crippen LogP contribution >= 0.6 is 11.6 Å². The number of imidazole rings is 1. The molecule has 0 radical (unpaired) electrons. The predicted octanol–water partition coefficient (Wildman–Crippen LogP) is 4.39. The number of carbonyl (C=O) groups is 1. The summed E-state index contributed by atoms with van der Waals surface area (Å²) in [4.78, 5) is 36.1. The van der Waals surface area contributed by atoms with E-state index in [9.17, 15) is 14.7 Å². The van der Waals surface area contributed by atoms with Crippen LogP contribution in [0.5, 0.6) is 5.75 Å². The molecule has 34 heavy (non-hydrogen) atoms. The summed E-state index contributed by atoms with van der Waals surface area (Å²) in [6.07, 6.45) is 1.53. The van der Waals surface area contributed by atoms with Gasteiger partial charge in [0.05, 0.1) is 22.0 Å². The Hall–Kier alpha value is -3.88. The van der Waals surface area contributed by atoms with E-state index in [0.29, 0.717) is 40.0 Å². The van der Waals surface area contributed by atoms with Crippen LogP contribution in [0.4, 0.5) is 0 Å². The monoisotopic (exact) mass is 478 g/mol. The number of aromatic nitrogens is 3. The molecule has 174 valence electrons. The summed E-state index contributed by atoms with van der Waals surface area (Å²) in [5.41, 5.74) is 2.64. The van der Waals surface area contributed by atoms with Crippen molar-refractivity contribution in [1.82, 2.24) is 19.9 Å². The van der Waals surface area contributed by atoms with Gasteiger partial charge in [0.25, 0.3) is 0 Å². The molecule has 0 unspecified atom stereocenters. The maximum atomic E-state index is 12.0. The molecule has 4 rings (SSSR count). The van der Waals surface area contributed by atoms with Crippen LogP contribution in [0.2, 0.25) is 5.02 Å². The molecule has 0 spiro atoms. The van der Waals surface area contributed by atoms with E-state index < -0.39 is 5.97 Å². The van der Waals surface area contributed by atoms with Crippen LogP contribution in [0.25, 0.3) is 33.9 Å². The molecule has 0 atom stereocenters. The van der Waals surface area contributed by atoms with E-state index in [1.54, 1.807) is 6.07 Å². The summed E-state index contributed by atoms with van der Waals surface area (Å²) in [6.45, 7) is 1.38. The number of H-pyrrole nitrogens is 2. The molecule has 0 saturated heterocycles. The van der Waals surface area contributed by atoms with E-state index in [-0.39, 0.29) is 11.1 Å². The first-order valence-corrected chi connectivity index (χ1v) is 10.9. The number of rotatable bonds is 8. The Morgan fingerprint density at radius 3 is 2.53 bits per heavy atom. The number of halogens is 1. The van der Waals surface area contributed by atoms with Crippen molar-refractivity contribution in [2.45, 2.75) is 0 Å². The molecule has 0 aliphatic heterocycles. The second kappa shape index (κ2) is 9.94. The Morgan fingerprint density at radius 1 is 1.09 bits per heavy atom. The van der Waals surface area contributed by atoms with Gasteiger partial charge in [-0.3, -0.25) is 4.79 Å². The molecular formula is C25H23ClN4O4. The van der Waals surface area contributed by atoms with Crippen LogP contribution in [-0.2, 0) is 0 Å². The van der Waals surface area contributed by atoms with E-state index in [4.69, 9.17) is 21.3 Å². The predicted molar refractivity (Wildman–Crippen MR) is 132 cm³/mol. The molecule has 0 aliphatic rings. The number of nitrogens with zero attached hydrogens (tertiary/aromatic N) is 2. The van der Waals surface area contributed by atoms with Gasteiger partial charge in [-0.1, -0.05) is 11.6 Å². The third-order valence-electron chi connectivity index (χ3n) is 5.17. The summed E-state index contributed by atoms with van der Waals surface area (Å²) in [5, 5.41) is 9.80. The molecule has 0 amide bonds. The van der Waals surface area contributed by atoms with Gasteiger partial charge in [-0.15, -0.1) is 0 Å². The van der Waals surface area contributed by atoms with Gasteiger partial charge in [0.2, 0.25) is 5.56 Å². The largest absolute Gasteiger partial charge is 0.492 e. The van der Waals surface area contributed by atoms with Crippen molar-refractivity contribution in [3.05, 3.63) is 81.7 Å². The number of hydrogen-bond acceptors (Lipinski definition) is 5. The number of carboxylic acid groups (broad SMARTS) is 1. The van der Waals surface area contributed by atoms with E-state index in [1.165, 1.54) is 30.5 Å². The van der Waals surface area contributed by atoms with Crippen molar-refractivity contribution in [2.24, 2.45) is 0 Å². The maximum Gasteiger partial charge on any atom is 0.335 e. The van der Waals surface area contributed by atoms with E-state index in [1.807, 2.05) is 43.3 Å². The molecule has 2 aromatic heterocycles. The van der Waals surface area contributed by atoms with Crippen molar-refractivity contribution in [3.63, 3.8) is 0 Å². The van der Waals surface area contributed by atoms with Crippen LogP contribution in [0.15, 0.2) is 65.6 Å². The average molecular weight is 479 g/mol. The first kappa shape index (κ1) is 23.3. The fourth-order valence-corrected chi connectivity index (χ4v) is 3.62. The lowest BCUT2D eigenvalue weighted by atomic mass is 10.0. The highest BCUT2D eigenvalue weighted by Gasteiger charge is 2.19. The lowest BCUT2D eigenvalue weighted by molar-refractivity contribution is 0.0697. The summed E-state index contributed by atoms with van der Waals surface area (Å²) in [7, 11) is 3.97. The van der Waals surface area contributed by atoms with Crippen molar-refractivity contribution >= 4 is 17.6 Å². The minimum Gasteiger partial charge on any atom is -0.492 e. The van der Waals surface area contributed by atoms with Crippen molar-refractivity contribution in [2.75, 3.05) is 27.2 Å². The molecule has 0 saturated carbocycles. The number of hydrogen-bond donors (Lipinski definition) is 3. The minimum atomic E-state index is -1.07. The smallest absolute Gasteiger partial charge is 0.335 e. The lowest BCUT2D eigenvalue weighted by Gasteiger charge is -2.11. The van der Waals surface area contributed by atoms with Gasteiger partial charge in [-0.25, -0.2) is 9.78 Å². The normalized spacial score (nSPS) is 11.1. The average Bonchev–Trinajstić information content (AvgIpc) is 3.25. The maximum absolute atomic E-state index is 12.0. The first-order chi connectivity index (χ1) is 16.3. The quantitative estimate of drug-likeness (QED) is 0.346. The topological polar surface area (TPSA) is 111 Å². The number of carboxylic acids is 1. The highest BCUT2D eigenvalue weighted by molar-refractivity contribution is 6.33. The van der Waals surface area contributed by atoms with Gasteiger partial charge in [-0.2, -0.15) is 0 Å². The highest BCUT2D eigenvalue weighted by Crippen LogP contribution is 2.37. The summed E-state index contributed by atoms with van der Waals surface area (Å²) < 4.78 is 5.76. The van der Waals surface area contributed by atoms with Gasteiger partial charge in [0, 0.05) is 35.5 Å². The molecule has 8 nitrogen and oxygen atoms in total. The molecule has 2 aromatic carbocycles. The Labute approximate surface area is 200 Å². The SMILES string of the molecule is CN(C)CCOc1ccc(-c2nc(-c3cc[nH]c(=O)c3)c(-c3cc(C(=O)O)ccc3Cl)[nH]2)cc1. The zero-order valence-corrected chi connectivity index (χ0v) is 19.4. The van der Waals surface area contributed by atoms with Gasteiger partial charge in [-0.05, 0) is 62.6 Å². The van der Waals surface area contributed by atoms with E-state index >= 15 is 0 Å². The minimum absolute atomic E-state index is 0.0895. The fraction of sp³-hybridized carbons (Fsp3) is 0.160. The Kier molecular flexibility index (Phi) is 6.81. The second-order valence-electron chi connectivity index (χ2n) is 7.93. The molecule has 2 heterocycles. The molecule has 0 aliphatic carbocycles. The summed E-state index contributed by atoms with van der Waals surface area (Å²) in [5.74, 6) is 0.214. The Balaban J connectivity index is 1.77. The number of likely N-dealkylation sites (N-methyl/N-ethyl adjacent to an activating group) is 1. The summed E-state index contributed by atoms with van der Waals surface area (Å²) >= 11 is 6.44. The number of ether oxygens (including phenoxy) is 1. The lowest BCUT2D eigenvalue weighted by Crippen LogP contribution is -2.19. The van der Waals surface area contributed by atoms with E-state index in [0.717, 1.165) is 17.9 Å². The van der Waals surface area contributed by atoms with Gasteiger partial charge in [0.1, 0.15) is 18.2 Å². The van der Waals surface area contributed by atoms with Gasteiger partial charge < -0.3 is 24.7 Å². The molecule has 3 N–H and O–H groups in total. The van der Waals surface area contributed by atoms with Crippen LogP contribution in [0.1, 0.15) is 10.4 Å². The molecule has 9 heteroatoms. The molecular weight excluding hydrogens is 456 g/mol. The third-order valence-corrected chi connectivity index (χ3v) is 5.50. The van der Waals surface area contributed by atoms with Crippen LogP contribution < -0.4 is 10.3 Å². The van der Waals surface area contributed by atoms with Gasteiger partial charge >= 0.3 is 5.97 Å². The number of aromatic amines is 2. The fourth-order valence-electron chi connectivity index (χ4n) is 3.41. The van der Waals surface area contributed by atoms with Crippen LogP contribution in [0, 0.1) is 0 Å². The first-order valence-electron chi connectivity index (χ1n) is 10.5. The number of nitrogens with one attached hydrogen (secondary N) is 2. The van der Waals surface area contributed by atoms with Crippen molar-refractivity contribution in [1.29, 1.82) is 0 Å². The third kappa shape index (κ3) is 5.19. The zero-order chi connectivity index (χ0) is 24.2. The van der Waals surface area contributed by atoms with Crippen molar-refractivity contribution < 1.29 is 14.6 Å². The highest BCUT2D eigenvalue weighted by atomic mass is 35.5. The zero-order valence-electron chi connectivity index (χ0n) is 18.6. The van der Waals surface area contributed by atoms with Crippen LogP contribution in [-0.4, -0.2) is 58.2 Å². The summed E-state index contributed by atoms with van der Waals surface area (Å²) in [6, 6.07) is 15.1. The van der Waals surface area contributed by atoms with Crippen LogP contribution in [0.3, 0.4) is 0 Å². The number of aromatic carboxylic acids is 1. The molecule has 0 fully saturated rings. The number of benzene rings is 2.